The molecule has 3 nitrogen and oxygen atoms in total. The van der Waals surface area contributed by atoms with Crippen LogP contribution in [0.2, 0.25) is 0 Å². The zero-order valence-corrected chi connectivity index (χ0v) is 34.4. The van der Waals surface area contributed by atoms with E-state index < -0.39 is 0 Å². The molecule has 2 rings (SSSR count). The van der Waals surface area contributed by atoms with E-state index in [-0.39, 0.29) is 5.78 Å². The zero-order valence-electron chi connectivity index (χ0n) is 34.4. The van der Waals surface area contributed by atoms with Crippen molar-refractivity contribution in [3.05, 3.63) is 59.7 Å². The molecule has 0 fully saturated rings. The third-order valence-electron chi connectivity index (χ3n) is 10.8. The third-order valence-corrected chi connectivity index (χ3v) is 10.8. The van der Waals surface area contributed by atoms with Crippen LogP contribution in [0.3, 0.4) is 0 Å². The number of rotatable bonds is 38. The van der Waals surface area contributed by atoms with E-state index in [1.165, 1.54) is 193 Å². The fourth-order valence-electron chi connectivity index (χ4n) is 7.25. The molecule has 0 atom stereocenters. The second kappa shape index (κ2) is 34.5. The summed E-state index contributed by atoms with van der Waals surface area (Å²) < 4.78 is 11.9. The number of benzene rings is 2. The van der Waals surface area contributed by atoms with Gasteiger partial charge in [0.2, 0.25) is 0 Å². The van der Waals surface area contributed by atoms with Gasteiger partial charge in [-0.3, -0.25) is 4.79 Å². The standard InChI is InChI=1S/C49H82O3/c1-3-5-7-9-11-13-15-17-19-21-23-25-27-29-31-33-43-51-47-39-35-45(36-40-47)49(50)46-37-41-48(42-38-46)52-44-34-32-30-28-26-24-22-20-18-16-14-12-10-8-6-4-2/h35-42H,3-34,43-44H2,1-2H3. The molecule has 0 bridgehead atoms. The molecule has 0 N–H and O–H groups in total. The topological polar surface area (TPSA) is 35.5 Å². The number of unbranched alkanes of at least 4 members (excludes halogenated alkanes) is 30. The molecular formula is C49H82O3. The molecule has 0 unspecified atom stereocenters. The molecule has 0 aliphatic rings. The maximum absolute atomic E-state index is 13.0. The number of carbonyl (C=O) groups is 1. The Bertz CT molecular complexity index is 960. The van der Waals surface area contributed by atoms with Crippen molar-refractivity contribution >= 4 is 5.78 Å². The van der Waals surface area contributed by atoms with Crippen molar-refractivity contribution in [2.75, 3.05) is 13.2 Å². The van der Waals surface area contributed by atoms with Gasteiger partial charge in [-0.2, -0.15) is 0 Å². The van der Waals surface area contributed by atoms with E-state index >= 15 is 0 Å². The summed E-state index contributed by atoms with van der Waals surface area (Å²) >= 11 is 0. The number of ketones is 1. The molecule has 0 saturated heterocycles. The van der Waals surface area contributed by atoms with E-state index in [1.807, 2.05) is 48.5 Å². The van der Waals surface area contributed by atoms with Crippen molar-refractivity contribution in [1.29, 1.82) is 0 Å². The molecule has 2 aromatic carbocycles. The molecule has 0 aliphatic carbocycles. The first-order valence-electron chi connectivity index (χ1n) is 22.7. The van der Waals surface area contributed by atoms with Gasteiger partial charge in [0.1, 0.15) is 11.5 Å². The Labute approximate surface area is 322 Å². The van der Waals surface area contributed by atoms with Crippen molar-refractivity contribution < 1.29 is 14.3 Å². The fourth-order valence-corrected chi connectivity index (χ4v) is 7.25. The monoisotopic (exact) mass is 719 g/mol. The molecule has 0 aliphatic heterocycles. The average molecular weight is 719 g/mol. The van der Waals surface area contributed by atoms with Crippen LogP contribution < -0.4 is 9.47 Å². The highest BCUT2D eigenvalue weighted by atomic mass is 16.5. The van der Waals surface area contributed by atoms with Gasteiger partial charge in [-0.05, 0) is 61.4 Å². The molecule has 52 heavy (non-hydrogen) atoms. The summed E-state index contributed by atoms with van der Waals surface area (Å²) in [5, 5.41) is 0. The lowest BCUT2D eigenvalue weighted by molar-refractivity contribution is 0.103. The van der Waals surface area contributed by atoms with Gasteiger partial charge in [-0.1, -0.05) is 206 Å². The number of ether oxygens (including phenoxy) is 2. The lowest BCUT2D eigenvalue weighted by Gasteiger charge is -2.09. The van der Waals surface area contributed by atoms with Gasteiger partial charge in [-0.25, -0.2) is 0 Å². The van der Waals surface area contributed by atoms with Gasteiger partial charge in [-0.15, -0.1) is 0 Å². The predicted octanol–water partition coefficient (Wildman–Crippen LogP) is 16.2. The van der Waals surface area contributed by atoms with Crippen LogP contribution in [0.25, 0.3) is 0 Å². The minimum absolute atomic E-state index is 0.0358. The van der Waals surface area contributed by atoms with Gasteiger partial charge in [0.15, 0.2) is 5.78 Å². The Morgan fingerprint density at radius 3 is 0.769 bits per heavy atom. The van der Waals surface area contributed by atoms with E-state index in [9.17, 15) is 4.79 Å². The maximum Gasteiger partial charge on any atom is 0.193 e. The van der Waals surface area contributed by atoms with Crippen LogP contribution in [-0.2, 0) is 0 Å². The predicted molar refractivity (Wildman–Crippen MR) is 226 cm³/mol. The third kappa shape index (κ3) is 25.6. The smallest absolute Gasteiger partial charge is 0.193 e. The zero-order chi connectivity index (χ0) is 37.0. The molecule has 0 spiro atoms. The van der Waals surface area contributed by atoms with Crippen LogP contribution >= 0.6 is 0 Å². The first kappa shape index (κ1) is 45.9. The minimum Gasteiger partial charge on any atom is -0.494 e. The Morgan fingerprint density at radius 1 is 0.327 bits per heavy atom. The lowest BCUT2D eigenvalue weighted by Crippen LogP contribution is -2.03. The summed E-state index contributed by atoms with van der Waals surface area (Å²) in [5.74, 6) is 1.72. The van der Waals surface area contributed by atoms with Crippen LogP contribution in [0.1, 0.15) is 235 Å². The van der Waals surface area contributed by atoms with E-state index in [0.29, 0.717) is 11.1 Å². The van der Waals surface area contributed by atoms with Crippen LogP contribution in [0.15, 0.2) is 48.5 Å². The normalized spacial score (nSPS) is 11.3. The quantitative estimate of drug-likeness (QED) is 0.0512. The van der Waals surface area contributed by atoms with Crippen LogP contribution in [-0.4, -0.2) is 19.0 Å². The summed E-state index contributed by atoms with van der Waals surface area (Å²) in [6, 6.07) is 15.2. The van der Waals surface area contributed by atoms with Crippen molar-refractivity contribution in [3.8, 4) is 11.5 Å². The maximum atomic E-state index is 13.0. The Hall–Kier alpha value is -2.29. The highest BCUT2D eigenvalue weighted by Gasteiger charge is 2.10. The van der Waals surface area contributed by atoms with Crippen molar-refractivity contribution in [2.45, 2.75) is 219 Å². The Morgan fingerprint density at radius 2 is 0.538 bits per heavy atom. The summed E-state index contributed by atoms with van der Waals surface area (Å²) in [5.41, 5.74) is 1.38. The van der Waals surface area contributed by atoms with Crippen LogP contribution in [0.4, 0.5) is 0 Å². The van der Waals surface area contributed by atoms with E-state index in [2.05, 4.69) is 13.8 Å². The van der Waals surface area contributed by atoms with Gasteiger partial charge in [0.25, 0.3) is 0 Å². The fraction of sp³-hybridized carbons (Fsp3) is 0.735. The van der Waals surface area contributed by atoms with E-state index in [1.54, 1.807) is 0 Å². The van der Waals surface area contributed by atoms with Gasteiger partial charge in [0, 0.05) is 11.1 Å². The second-order valence-corrected chi connectivity index (χ2v) is 15.7. The van der Waals surface area contributed by atoms with Gasteiger partial charge < -0.3 is 9.47 Å². The minimum atomic E-state index is 0.0358. The van der Waals surface area contributed by atoms with Crippen molar-refractivity contribution in [3.63, 3.8) is 0 Å². The molecule has 0 radical (unpaired) electrons. The largest absolute Gasteiger partial charge is 0.494 e. The van der Waals surface area contributed by atoms with Crippen molar-refractivity contribution in [2.24, 2.45) is 0 Å². The molecular weight excluding hydrogens is 637 g/mol. The van der Waals surface area contributed by atoms with Crippen LogP contribution in [0.5, 0.6) is 11.5 Å². The molecule has 0 amide bonds. The van der Waals surface area contributed by atoms with Crippen molar-refractivity contribution in [1.82, 2.24) is 0 Å². The van der Waals surface area contributed by atoms with E-state index in [4.69, 9.17) is 9.47 Å². The summed E-state index contributed by atoms with van der Waals surface area (Å²) in [6.45, 7) is 6.07. The number of carbonyl (C=O) groups excluding carboxylic acids is 1. The molecule has 3 heteroatoms. The molecule has 0 aromatic heterocycles. The average Bonchev–Trinajstić information content (AvgIpc) is 3.17. The first-order valence-corrected chi connectivity index (χ1v) is 22.7. The highest BCUT2D eigenvalue weighted by Crippen LogP contribution is 2.20. The number of hydrogen-bond acceptors (Lipinski definition) is 3. The summed E-state index contributed by atoms with van der Waals surface area (Å²) in [4.78, 5) is 13.0. The van der Waals surface area contributed by atoms with Gasteiger partial charge >= 0.3 is 0 Å². The summed E-state index contributed by atoms with van der Waals surface area (Å²) in [6.07, 6.45) is 44.0. The molecule has 296 valence electrons. The Balaban J connectivity index is 1.41. The van der Waals surface area contributed by atoms with E-state index in [0.717, 1.165) is 37.6 Å². The molecule has 0 heterocycles. The first-order chi connectivity index (χ1) is 25.7. The van der Waals surface area contributed by atoms with Gasteiger partial charge in [0.05, 0.1) is 13.2 Å². The molecule has 2 aromatic rings. The van der Waals surface area contributed by atoms with Crippen LogP contribution in [0, 0.1) is 0 Å². The number of hydrogen-bond donors (Lipinski definition) is 0. The molecule has 0 saturated carbocycles. The second-order valence-electron chi connectivity index (χ2n) is 15.7. The summed E-state index contributed by atoms with van der Waals surface area (Å²) in [7, 11) is 0. The Kier molecular flexibility index (Phi) is 30.4. The SMILES string of the molecule is CCCCCCCCCCCCCCCCCCOc1ccc(C(=O)c2ccc(OCCCCCCCCCCCCCCCCCC)cc2)cc1. The highest BCUT2D eigenvalue weighted by molar-refractivity contribution is 6.09. The lowest BCUT2D eigenvalue weighted by atomic mass is 10.0.